The van der Waals surface area contributed by atoms with Gasteiger partial charge < -0.3 is 10.1 Å². The van der Waals surface area contributed by atoms with Crippen molar-refractivity contribution < 1.29 is 14.3 Å². The highest BCUT2D eigenvalue weighted by Gasteiger charge is 2.41. The second kappa shape index (κ2) is 8.44. The molecule has 30 heavy (non-hydrogen) atoms. The largest absolute Gasteiger partial charge is 0.463 e. The number of nitrogens with zero attached hydrogens (tertiary/aromatic N) is 1. The van der Waals surface area contributed by atoms with Crippen LogP contribution in [0.1, 0.15) is 49.7 Å². The van der Waals surface area contributed by atoms with E-state index < -0.39 is 11.9 Å². The summed E-state index contributed by atoms with van der Waals surface area (Å²) in [6.45, 7) is 3.90. The molecule has 4 rings (SSSR count). The van der Waals surface area contributed by atoms with Crippen LogP contribution in [-0.4, -0.2) is 23.3 Å². The van der Waals surface area contributed by atoms with Gasteiger partial charge in [-0.1, -0.05) is 29.8 Å². The number of benzene rings is 1. The highest BCUT2D eigenvalue weighted by molar-refractivity contribution is 6.30. The lowest BCUT2D eigenvalue weighted by molar-refractivity contribution is -0.138. The molecule has 5 nitrogen and oxygen atoms in total. The third kappa shape index (κ3) is 3.77. The summed E-state index contributed by atoms with van der Waals surface area (Å²) in [6.07, 6.45) is 4.46. The van der Waals surface area contributed by atoms with Crippen LogP contribution in [0.15, 0.2) is 71.3 Å². The Hall–Kier alpha value is -2.92. The van der Waals surface area contributed by atoms with Crippen LogP contribution < -0.4 is 5.32 Å². The number of esters is 1. The molecule has 1 aliphatic heterocycles. The molecule has 0 saturated carbocycles. The predicted molar refractivity (Wildman–Crippen MR) is 115 cm³/mol. The number of Topliss-reactive ketones (excluding diaryl/α,β-unsaturated/α-hetero) is 1. The number of rotatable bonds is 4. The number of hydrogen-bond acceptors (Lipinski definition) is 5. The van der Waals surface area contributed by atoms with Crippen LogP contribution in [0.5, 0.6) is 0 Å². The fourth-order valence-electron chi connectivity index (χ4n) is 4.37. The van der Waals surface area contributed by atoms with Gasteiger partial charge in [-0.25, -0.2) is 4.79 Å². The number of nitrogens with one attached hydrogen (secondary N) is 1. The van der Waals surface area contributed by atoms with E-state index in [0.717, 1.165) is 16.8 Å². The van der Waals surface area contributed by atoms with Gasteiger partial charge in [-0.3, -0.25) is 9.78 Å². The minimum absolute atomic E-state index is 0.0341. The molecule has 1 aromatic carbocycles. The molecule has 1 N–H and O–H groups in total. The Labute approximate surface area is 180 Å². The second-order valence-corrected chi connectivity index (χ2v) is 8.01. The molecule has 2 atom stereocenters. The van der Waals surface area contributed by atoms with Crippen molar-refractivity contribution in [1.82, 2.24) is 10.3 Å². The smallest absolute Gasteiger partial charge is 0.336 e. The van der Waals surface area contributed by atoms with Crippen molar-refractivity contribution in [2.24, 2.45) is 0 Å². The van der Waals surface area contributed by atoms with Crippen molar-refractivity contribution in [3.63, 3.8) is 0 Å². The first kappa shape index (κ1) is 20.4. The molecule has 2 heterocycles. The normalized spacial score (nSPS) is 21.2. The number of allylic oxidation sites excluding steroid dienone is 3. The Morgan fingerprint density at radius 2 is 1.97 bits per heavy atom. The third-order valence-corrected chi connectivity index (χ3v) is 5.93. The van der Waals surface area contributed by atoms with Crippen LogP contribution >= 0.6 is 11.6 Å². The number of halogens is 1. The fourth-order valence-corrected chi connectivity index (χ4v) is 4.50. The van der Waals surface area contributed by atoms with Gasteiger partial charge in [0.05, 0.1) is 12.2 Å². The maximum atomic E-state index is 13.4. The van der Waals surface area contributed by atoms with Crippen LogP contribution in [0.3, 0.4) is 0 Å². The van der Waals surface area contributed by atoms with Gasteiger partial charge >= 0.3 is 5.97 Å². The summed E-state index contributed by atoms with van der Waals surface area (Å²) in [7, 11) is 0. The van der Waals surface area contributed by atoms with Crippen molar-refractivity contribution in [3.05, 3.63) is 87.5 Å². The number of carbonyl (C=O) groups excluding carboxylic acids is 2. The first-order chi connectivity index (χ1) is 14.5. The molecule has 0 radical (unpaired) electrons. The standard InChI is InChI=1S/C24H23ClN2O3/c1-3-30-24(29)21-14(2)27-19-11-17(15-6-8-18(25)9-7-15)12-20(28)23(19)22(21)16-5-4-10-26-13-16/h4-10,13,17,22,27H,3,11-12H2,1-2H3/t17-,22-/m1/s1. The molecule has 6 heteroatoms. The highest BCUT2D eigenvalue weighted by Crippen LogP contribution is 2.45. The molecule has 154 valence electrons. The number of pyridine rings is 1. The van der Waals surface area contributed by atoms with Gasteiger partial charge in [0.25, 0.3) is 0 Å². The number of ether oxygens (including phenoxy) is 1. The molecule has 0 spiro atoms. The zero-order valence-corrected chi connectivity index (χ0v) is 17.7. The Bertz CT molecular complexity index is 1040. The van der Waals surface area contributed by atoms with Crippen molar-refractivity contribution in [3.8, 4) is 0 Å². The van der Waals surface area contributed by atoms with Gasteiger partial charge in [0.1, 0.15) is 0 Å². The van der Waals surface area contributed by atoms with E-state index in [4.69, 9.17) is 16.3 Å². The van der Waals surface area contributed by atoms with Gasteiger partial charge in [-0.15, -0.1) is 0 Å². The van der Waals surface area contributed by atoms with Gasteiger partial charge in [0, 0.05) is 46.7 Å². The molecule has 0 saturated heterocycles. The molecule has 0 bridgehead atoms. The summed E-state index contributed by atoms with van der Waals surface area (Å²) in [5.74, 6) is -0.789. The lowest BCUT2D eigenvalue weighted by Crippen LogP contribution is -2.36. The van der Waals surface area contributed by atoms with E-state index in [2.05, 4.69) is 10.3 Å². The summed E-state index contributed by atoms with van der Waals surface area (Å²) in [5, 5.41) is 4.01. The molecule has 2 aliphatic rings. The maximum Gasteiger partial charge on any atom is 0.336 e. The maximum absolute atomic E-state index is 13.4. The lowest BCUT2D eigenvalue weighted by Gasteiger charge is -2.36. The lowest BCUT2D eigenvalue weighted by atomic mass is 9.72. The molecular formula is C24H23ClN2O3. The van der Waals surface area contributed by atoms with E-state index in [1.165, 1.54) is 0 Å². The van der Waals surface area contributed by atoms with E-state index in [-0.39, 0.29) is 18.3 Å². The molecule has 0 unspecified atom stereocenters. The summed E-state index contributed by atoms with van der Waals surface area (Å²) in [4.78, 5) is 30.4. The molecule has 2 aromatic rings. The SMILES string of the molecule is CCOC(=O)C1=C(C)NC2=C(C(=O)C[C@H](c3ccc(Cl)cc3)C2)[C@@H]1c1cccnc1. The Morgan fingerprint density at radius 1 is 1.20 bits per heavy atom. The molecular weight excluding hydrogens is 400 g/mol. The van der Waals surface area contributed by atoms with Crippen molar-refractivity contribution in [1.29, 1.82) is 0 Å². The van der Waals surface area contributed by atoms with E-state index in [9.17, 15) is 9.59 Å². The number of ketones is 1. The number of hydrogen-bond donors (Lipinski definition) is 1. The van der Waals surface area contributed by atoms with Crippen molar-refractivity contribution in [2.75, 3.05) is 6.61 Å². The molecule has 0 amide bonds. The molecule has 1 aromatic heterocycles. The van der Waals surface area contributed by atoms with Crippen LogP contribution in [-0.2, 0) is 14.3 Å². The van der Waals surface area contributed by atoms with E-state index in [1.54, 1.807) is 19.3 Å². The van der Waals surface area contributed by atoms with Crippen LogP contribution in [0.25, 0.3) is 0 Å². The monoisotopic (exact) mass is 422 g/mol. The second-order valence-electron chi connectivity index (χ2n) is 7.58. The minimum atomic E-state index is -0.479. The molecule has 1 aliphatic carbocycles. The minimum Gasteiger partial charge on any atom is -0.463 e. The first-order valence-electron chi connectivity index (χ1n) is 10.1. The van der Waals surface area contributed by atoms with Crippen LogP contribution in [0, 0.1) is 0 Å². The summed E-state index contributed by atoms with van der Waals surface area (Å²) < 4.78 is 5.32. The predicted octanol–water partition coefficient (Wildman–Crippen LogP) is 4.66. The van der Waals surface area contributed by atoms with Gasteiger partial charge in [0.2, 0.25) is 0 Å². The van der Waals surface area contributed by atoms with Gasteiger partial charge in [-0.05, 0) is 55.5 Å². The average Bonchev–Trinajstić information content (AvgIpc) is 2.74. The zero-order chi connectivity index (χ0) is 21.3. The van der Waals surface area contributed by atoms with Crippen LogP contribution in [0.2, 0.25) is 5.02 Å². The number of aromatic nitrogens is 1. The highest BCUT2D eigenvalue weighted by atomic mass is 35.5. The van der Waals surface area contributed by atoms with E-state index >= 15 is 0 Å². The fraction of sp³-hybridized carbons (Fsp3) is 0.292. The third-order valence-electron chi connectivity index (χ3n) is 5.68. The van der Waals surface area contributed by atoms with Crippen LogP contribution in [0.4, 0.5) is 0 Å². The van der Waals surface area contributed by atoms with Crippen molar-refractivity contribution in [2.45, 2.75) is 38.5 Å². The van der Waals surface area contributed by atoms with Gasteiger partial charge in [0.15, 0.2) is 5.78 Å². The number of carbonyl (C=O) groups is 2. The quantitative estimate of drug-likeness (QED) is 0.726. The Balaban J connectivity index is 1.77. The zero-order valence-electron chi connectivity index (χ0n) is 16.9. The number of dihydropyridines is 1. The topological polar surface area (TPSA) is 68.3 Å². The van der Waals surface area contributed by atoms with E-state index in [1.807, 2.05) is 43.3 Å². The Morgan fingerprint density at radius 3 is 2.63 bits per heavy atom. The summed E-state index contributed by atoms with van der Waals surface area (Å²) in [5.41, 5.74) is 4.59. The Kier molecular flexibility index (Phi) is 5.73. The average molecular weight is 423 g/mol. The first-order valence-corrected chi connectivity index (χ1v) is 10.4. The summed E-state index contributed by atoms with van der Waals surface area (Å²) in [6, 6.07) is 11.4. The van der Waals surface area contributed by atoms with Gasteiger partial charge in [-0.2, -0.15) is 0 Å². The van der Waals surface area contributed by atoms with E-state index in [0.29, 0.717) is 34.7 Å². The van der Waals surface area contributed by atoms with Crippen molar-refractivity contribution >= 4 is 23.4 Å². The summed E-state index contributed by atoms with van der Waals surface area (Å²) >= 11 is 6.02. The molecule has 0 fully saturated rings.